The van der Waals surface area contributed by atoms with Gasteiger partial charge in [-0.2, -0.15) is 0 Å². The first kappa shape index (κ1) is 17.6. The number of rotatable bonds is 3. The number of likely N-dealkylation sites (N-methyl/N-ethyl adjacent to an activating group) is 1. The van der Waals surface area contributed by atoms with E-state index in [9.17, 15) is 4.79 Å². The summed E-state index contributed by atoms with van der Waals surface area (Å²) in [4.78, 5) is 13.9. The van der Waals surface area contributed by atoms with E-state index in [0.29, 0.717) is 22.2 Å². The molecule has 3 nitrogen and oxygen atoms in total. The van der Waals surface area contributed by atoms with Crippen molar-refractivity contribution in [3.8, 4) is 5.75 Å². The number of carbonyl (C=O) groups is 1. The maximum atomic E-state index is 12.2. The molecule has 0 N–H and O–H groups in total. The molecule has 0 aliphatic carbocycles. The van der Waals surface area contributed by atoms with E-state index in [1.165, 1.54) is 0 Å². The summed E-state index contributed by atoms with van der Waals surface area (Å²) < 4.78 is 5.90. The second kappa shape index (κ2) is 7.24. The summed E-state index contributed by atoms with van der Waals surface area (Å²) in [5, 5.41) is 1.15. The standard InChI is InChI=1S/C17H15Cl2NO2.CH4/c1-20-9-8-11-12(17(20)21)4-2-7-16(11)22-10-13-14(18)5-3-6-15(13)19;/h2-7H,8-10H2,1H3;1H4. The van der Waals surface area contributed by atoms with Crippen molar-refractivity contribution in [2.45, 2.75) is 20.5 Å². The second-order valence-electron chi connectivity index (χ2n) is 5.25. The quantitative estimate of drug-likeness (QED) is 0.791. The predicted octanol–water partition coefficient (Wildman–Crippen LogP) is 4.84. The van der Waals surface area contributed by atoms with Gasteiger partial charge in [0.25, 0.3) is 5.91 Å². The molecule has 0 unspecified atom stereocenters. The van der Waals surface area contributed by atoms with Crippen LogP contribution in [0.5, 0.6) is 5.75 Å². The minimum Gasteiger partial charge on any atom is -0.488 e. The van der Waals surface area contributed by atoms with Crippen LogP contribution in [0.25, 0.3) is 0 Å². The lowest BCUT2D eigenvalue weighted by molar-refractivity contribution is 0.0779. The Kier molecular flexibility index (Phi) is 5.55. The highest BCUT2D eigenvalue weighted by Crippen LogP contribution is 2.30. The number of ether oxygens (including phenoxy) is 1. The van der Waals surface area contributed by atoms with Gasteiger partial charge in [0, 0.05) is 40.3 Å². The zero-order valence-electron chi connectivity index (χ0n) is 12.1. The minimum atomic E-state index is 0. The topological polar surface area (TPSA) is 29.5 Å². The van der Waals surface area contributed by atoms with Crippen LogP contribution in [0.3, 0.4) is 0 Å². The lowest BCUT2D eigenvalue weighted by Crippen LogP contribution is -2.34. The number of amides is 1. The van der Waals surface area contributed by atoms with Crippen molar-refractivity contribution in [1.29, 1.82) is 0 Å². The van der Waals surface area contributed by atoms with E-state index in [1.807, 2.05) is 25.2 Å². The smallest absolute Gasteiger partial charge is 0.254 e. The first-order valence-electron chi connectivity index (χ1n) is 7.01. The van der Waals surface area contributed by atoms with Gasteiger partial charge in [-0.25, -0.2) is 0 Å². The molecule has 5 heteroatoms. The lowest BCUT2D eigenvalue weighted by Gasteiger charge is -2.26. The van der Waals surface area contributed by atoms with E-state index in [-0.39, 0.29) is 19.9 Å². The van der Waals surface area contributed by atoms with Crippen molar-refractivity contribution in [3.05, 3.63) is 63.1 Å². The third-order valence-corrected chi connectivity index (χ3v) is 4.55. The fraction of sp³-hybridized carbons (Fsp3) is 0.278. The van der Waals surface area contributed by atoms with Crippen molar-refractivity contribution in [2.24, 2.45) is 0 Å². The molecule has 23 heavy (non-hydrogen) atoms. The van der Waals surface area contributed by atoms with Crippen molar-refractivity contribution in [3.63, 3.8) is 0 Å². The van der Waals surface area contributed by atoms with Crippen molar-refractivity contribution in [2.75, 3.05) is 13.6 Å². The number of hydrogen-bond donors (Lipinski definition) is 0. The molecule has 1 heterocycles. The van der Waals surface area contributed by atoms with Crippen molar-refractivity contribution >= 4 is 29.1 Å². The van der Waals surface area contributed by atoms with E-state index >= 15 is 0 Å². The summed E-state index contributed by atoms with van der Waals surface area (Å²) >= 11 is 12.3. The highest BCUT2D eigenvalue weighted by Gasteiger charge is 2.24. The fourth-order valence-corrected chi connectivity index (χ4v) is 3.07. The summed E-state index contributed by atoms with van der Waals surface area (Å²) in [7, 11) is 1.81. The number of halogens is 2. The number of fused-ring (bicyclic) bond motifs is 1. The Labute approximate surface area is 146 Å². The predicted molar refractivity (Wildman–Crippen MR) is 94.6 cm³/mol. The van der Waals surface area contributed by atoms with Gasteiger partial charge < -0.3 is 9.64 Å². The summed E-state index contributed by atoms with van der Waals surface area (Å²) in [6.45, 7) is 0.970. The van der Waals surface area contributed by atoms with Gasteiger partial charge in [0.05, 0.1) is 0 Å². The summed E-state index contributed by atoms with van der Waals surface area (Å²) in [6.07, 6.45) is 0.782. The average Bonchev–Trinajstić information content (AvgIpc) is 2.51. The molecule has 0 atom stereocenters. The minimum absolute atomic E-state index is 0. The molecule has 3 rings (SSSR count). The Balaban J connectivity index is 0.00000192. The van der Waals surface area contributed by atoms with Gasteiger partial charge in [-0.3, -0.25) is 4.79 Å². The largest absolute Gasteiger partial charge is 0.488 e. The van der Waals surface area contributed by atoms with E-state index < -0.39 is 0 Å². The number of hydrogen-bond acceptors (Lipinski definition) is 2. The molecule has 1 aliphatic rings. The SMILES string of the molecule is C.CN1CCc2c(OCc3c(Cl)cccc3Cl)cccc2C1=O. The van der Waals surface area contributed by atoms with Crippen LogP contribution in [0.4, 0.5) is 0 Å². The van der Waals surface area contributed by atoms with Crippen molar-refractivity contribution in [1.82, 2.24) is 4.90 Å². The maximum absolute atomic E-state index is 12.2. The van der Waals surface area contributed by atoms with Gasteiger partial charge in [0.15, 0.2) is 0 Å². The molecule has 2 aromatic rings. The highest BCUT2D eigenvalue weighted by atomic mass is 35.5. The molecule has 2 aromatic carbocycles. The van der Waals surface area contributed by atoms with Crippen LogP contribution in [-0.2, 0) is 13.0 Å². The number of benzene rings is 2. The lowest BCUT2D eigenvalue weighted by atomic mass is 9.98. The van der Waals surface area contributed by atoms with Crippen LogP contribution in [0.1, 0.15) is 28.9 Å². The number of carbonyl (C=O) groups excluding carboxylic acids is 1. The van der Waals surface area contributed by atoms with Gasteiger partial charge >= 0.3 is 0 Å². The molecule has 0 spiro atoms. The molecule has 0 bridgehead atoms. The Morgan fingerprint density at radius 1 is 1.13 bits per heavy atom. The van der Waals surface area contributed by atoms with Gasteiger partial charge in [-0.15, -0.1) is 0 Å². The van der Waals surface area contributed by atoms with Gasteiger partial charge in [0.1, 0.15) is 12.4 Å². The molecule has 0 radical (unpaired) electrons. The molecule has 1 aliphatic heterocycles. The normalized spacial score (nSPS) is 13.3. The summed E-state index contributed by atoms with van der Waals surface area (Å²) in [6, 6.07) is 10.9. The van der Waals surface area contributed by atoms with Crippen LogP contribution in [0, 0.1) is 0 Å². The highest BCUT2D eigenvalue weighted by molar-refractivity contribution is 6.35. The molecule has 1 amide bonds. The average molecular weight is 352 g/mol. The van der Waals surface area contributed by atoms with Crippen LogP contribution in [0.15, 0.2) is 36.4 Å². The molecule has 122 valence electrons. The first-order valence-corrected chi connectivity index (χ1v) is 7.76. The monoisotopic (exact) mass is 351 g/mol. The van der Waals surface area contributed by atoms with Crippen LogP contribution >= 0.6 is 23.2 Å². The third-order valence-electron chi connectivity index (χ3n) is 3.84. The van der Waals surface area contributed by atoms with Crippen molar-refractivity contribution < 1.29 is 9.53 Å². The van der Waals surface area contributed by atoms with E-state index in [4.69, 9.17) is 27.9 Å². The summed E-state index contributed by atoms with van der Waals surface area (Å²) in [5.74, 6) is 0.748. The van der Waals surface area contributed by atoms with E-state index in [0.717, 1.165) is 23.3 Å². The zero-order valence-corrected chi connectivity index (χ0v) is 13.6. The molecular formula is C18H19Cl2NO2. The molecule has 0 saturated carbocycles. The van der Waals surface area contributed by atoms with E-state index in [2.05, 4.69) is 0 Å². The molecular weight excluding hydrogens is 333 g/mol. The third kappa shape index (κ3) is 3.46. The Morgan fingerprint density at radius 2 is 1.78 bits per heavy atom. The summed E-state index contributed by atoms with van der Waals surface area (Å²) in [5.41, 5.74) is 2.41. The molecule has 0 saturated heterocycles. The van der Waals surface area contributed by atoms with E-state index in [1.54, 1.807) is 23.1 Å². The molecule has 0 fully saturated rings. The van der Waals surface area contributed by atoms with Gasteiger partial charge in [-0.1, -0.05) is 42.8 Å². The van der Waals surface area contributed by atoms with Crippen LogP contribution in [0.2, 0.25) is 10.0 Å². The number of nitrogens with zero attached hydrogens (tertiary/aromatic N) is 1. The van der Waals surface area contributed by atoms with Crippen LogP contribution in [-0.4, -0.2) is 24.4 Å². The van der Waals surface area contributed by atoms with Gasteiger partial charge in [0.2, 0.25) is 0 Å². The Hall–Kier alpha value is -1.71. The molecule has 0 aromatic heterocycles. The van der Waals surface area contributed by atoms with Gasteiger partial charge in [-0.05, 0) is 30.7 Å². The zero-order chi connectivity index (χ0) is 15.7. The fourth-order valence-electron chi connectivity index (χ4n) is 2.57. The second-order valence-corrected chi connectivity index (χ2v) is 6.06. The Morgan fingerprint density at radius 3 is 2.48 bits per heavy atom. The Bertz CT molecular complexity index is 711. The first-order chi connectivity index (χ1) is 10.6. The maximum Gasteiger partial charge on any atom is 0.254 e. The van der Waals surface area contributed by atoms with Crippen LogP contribution < -0.4 is 4.74 Å².